The summed E-state index contributed by atoms with van der Waals surface area (Å²) in [6, 6.07) is 5.22. The first-order chi connectivity index (χ1) is 11.0. The topological polar surface area (TPSA) is 75.3 Å². The molecular weight excluding hydrogens is 316 g/mol. The van der Waals surface area contributed by atoms with Crippen LogP contribution in [0.5, 0.6) is 0 Å². The Morgan fingerprint density at radius 2 is 2.09 bits per heavy atom. The van der Waals surface area contributed by atoms with Crippen molar-refractivity contribution < 1.29 is 14.4 Å². The average Bonchev–Trinajstić information content (AvgIpc) is 2.50. The standard InChI is InChI=1S/C17H17ClN2O3/c1-9-5-6-10(7-12(9)18)19-17(23)11-8-15(22)20-13-3-2-4-14(21)16(11)13/h5-7,11H,2-4,8H2,1H3,(H,19,23)(H,20,22)/t11-/m0/s1. The number of nitrogens with one attached hydrogen (secondary N) is 2. The van der Waals surface area contributed by atoms with Gasteiger partial charge in [0.25, 0.3) is 0 Å². The van der Waals surface area contributed by atoms with Crippen LogP contribution in [-0.2, 0) is 14.4 Å². The van der Waals surface area contributed by atoms with Gasteiger partial charge in [0.05, 0.1) is 5.92 Å². The number of halogens is 1. The van der Waals surface area contributed by atoms with Gasteiger partial charge in [0.1, 0.15) is 0 Å². The van der Waals surface area contributed by atoms with E-state index < -0.39 is 5.92 Å². The van der Waals surface area contributed by atoms with Crippen molar-refractivity contribution in [3.63, 3.8) is 0 Å². The smallest absolute Gasteiger partial charge is 0.232 e. The highest BCUT2D eigenvalue weighted by atomic mass is 35.5. The first kappa shape index (κ1) is 15.7. The van der Waals surface area contributed by atoms with Gasteiger partial charge >= 0.3 is 0 Å². The van der Waals surface area contributed by atoms with Crippen molar-refractivity contribution in [2.24, 2.45) is 5.92 Å². The minimum absolute atomic E-state index is 0.00397. The molecule has 0 radical (unpaired) electrons. The molecule has 0 bridgehead atoms. The van der Waals surface area contributed by atoms with Crippen LogP contribution in [0.2, 0.25) is 5.02 Å². The van der Waals surface area contributed by atoms with Gasteiger partial charge in [-0.15, -0.1) is 0 Å². The molecule has 0 unspecified atom stereocenters. The number of carbonyl (C=O) groups excluding carboxylic acids is 3. The summed E-state index contributed by atoms with van der Waals surface area (Å²) in [5.41, 5.74) is 2.54. The number of anilines is 1. The van der Waals surface area contributed by atoms with E-state index in [9.17, 15) is 14.4 Å². The lowest BCUT2D eigenvalue weighted by Crippen LogP contribution is -2.41. The predicted octanol–water partition coefficient (Wildman–Crippen LogP) is 2.73. The van der Waals surface area contributed by atoms with Crippen LogP contribution in [0.4, 0.5) is 5.69 Å². The summed E-state index contributed by atoms with van der Waals surface area (Å²) in [5, 5.41) is 6.05. The molecule has 120 valence electrons. The highest BCUT2D eigenvalue weighted by Crippen LogP contribution is 2.32. The van der Waals surface area contributed by atoms with Gasteiger partial charge in [-0.05, 0) is 37.5 Å². The molecule has 2 aliphatic rings. The van der Waals surface area contributed by atoms with E-state index in [0.29, 0.717) is 41.2 Å². The summed E-state index contributed by atoms with van der Waals surface area (Å²) < 4.78 is 0. The van der Waals surface area contributed by atoms with Crippen LogP contribution in [0.3, 0.4) is 0 Å². The molecule has 0 saturated heterocycles. The number of amides is 2. The fraction of sp³-hybridized carbons (Fsp3) is 0.353. The zero-order chi connectivity index (χ0) is 16.6. The van der Waals surface area contributed by atoms with Gasteiger partial charge in [-0.2, -0.15) is 0 Å². The molecule has 0 saturated carbocycles. The van der Waals surface area contributed by atoms with Crippen molar-refractivity contribution in [3.05, 3.63) is 40.1 Å². The molecule has 23 heavy (non-hydrogen) atoms. The van der Waals surface area contributed by atoms with E-state index in [-0.39, 0.29) is 24.0 Å². The Bertz CT molecular complexity index is 739. The summed E-state index contributed by atoms with van der Waals surface area (Å²) >= 11 is 6.06. The van der Waals surface area contributed by atoms with E-state index in [1.54, 1.807) is 12.1 Å². The van der Waals surface area contributed by atoms with Crippen molar-refractivity contribution in [2.45, 2.75) is 32.6 Å². The van der Waals surface area contributed by atoms with Gasteiger partial charge in [-0.1, -0.05) is 17.7 Å². The van der Waals surface area contributed by atoms with Crippen molar-refractivity contribution >= 4 is 34.9 Å². The average molecular weight is 333 g/mol. The molecule has 1 aliphatic carbocycles. The van der Waals surface area contributed by atoms with Gasteiger partial charge in [0.15, 0.2) is 5.78 Å². The number of allylic oxidation sites excluding steroid dienone is 1. The van der Waals surface area contributed by atoms with E-state index in [2.05, 4.69) is 10.6 Å². The largest absolute Gasteiger partial charge is 0.329 e. The van der Waals surface area contributed by atoms with E-state index in [4.69, 9.17) is 11.6 Å². The lowest BCUT2D eigenvalue weighted by atomic mass is 9.81. The van der Waals surface area contributed by atoms with Crippen LogP contribution in [-0.4, -0.2) is 17.6 Å². The molecule has 1 aromatic rings. The van der Waals surface area contributed by atoms with Crippen LogP contribution in [0.15, 0.2) is 29.5 Å². The van der Waals surface area contributed by atoms with Crippen LogP contribution in [0, 0.1) is 12.8 Å². The van der Waals surface area contributed by atoms with Crippen LogP contribution in [0.1, 0.15) is 31.2 Å². The number of rotatable bonds is 2. The van der Waals surface area contributed by atoms with Crippen LogP contribution < -0.4 is 10.6 Å². The van der Waals surface area contributed by atoms with E-state index in [1.165, 1.54) is 0 Å². The van der Waals surface area contributed by atoms with E-state index in [1.807, 2.05) is 13.0 Å². The molecule has 6 heteroatoms. The fourth-order valence-corrected chi connectivity index (χ4v) is 3.21. The Hall–Kier alpha value is -2.14. The Labute approximate surface area is 139 Å². The molecule has 1 aromatic carbocycles. The number of hydrogen-bond donors (Lipinski definition) is 2. The van der Waals surface area contributed by atoms with Gasteiger partial charge in [-0.3, -0.25) is 14.4 Å². The van der Waals surface area contributed by atoms with Crippen molar-refractivity contribution in [2.75, 3.05) is 5.32 Å². The molecule has 0 fully saturated rings. The third kappa shape index (κ3) is 3.15. The fourth-order valence-electron chi connectivity index (χ4n) is 3.03. The zero-order valence-electron chi connectivity index (χ0n) is 12.7. The summed E-state index contributed by atoms with van der Waals surface area (Å²) in [7, 11) is 0. The molecule has 1 atom stereocenters. The summed E-state index contributed by atoms with van der Waals surface area (Å²) in [6.07, 6.45) is 1.76. The number of carbonyl (C=O) groups is 3. The lowest BCUT2D eigenvalue weighted by molar-refractivity contribution is -0.128. The molecule has 2 N–H and O–H groups in total. The highest BCUT2D eigenvalue weighted by molar-refractivity contribution is 6.31. The Morgan fingerprint density at radius 1 is 1.30 bits per heavy atom. The molecule has 2 amide bonds. The summed E-state index contributed by atoms with van der Waals surface area (Å²) in [6.45, 7) is 1.87. The number of hydrogen-bond acceptors (Lipinski definition) is 3. The second-order valence-corrected chi connectivity index (χ2v) is 6.33. The van der Waals surface area contributed by atoms with E-state index >= 15 is 0 Å². The maximum Gasteiger partial charge on any atom is 0.232 e. The quantitative estimate of drug-likeness (QED) is 0.874. The minimum atomic E-state index is -0.730. The maximum absolute atomic E-state index is 12.6. The number of aryl methyl sites for hydroxylation is 1. The summed E-state index contributed by atoms with van der Waals surface area (Å²) in [5.74, 6) is -1.34. The summed E-state index contributed by atoms with van der Waals surface area (Å²) in [4.78, 5) is 36.6. The Morgan fingerprint density at radius 3 is 2.83 bits per heavy atom. The number of Topliss-reactive ketones (excluding diaryl/α,β-unsaturated/α-hetero) is 1. The third-order valence-corrected chi connectivity index (χ3v) is 4.65. The van der Waals surface area contributed by atoms with Crippen molar-refractivity contribution in [1.29, 1.82) is 0 Å². The van der Waals surface area contributed by atoms with Crippen LogP contribution >= 0.6 is 11.6 Å². The molecule has 0 spiro atoms. The first-order valence-corrected chi connectivity index (χ1v) is 7.96. The molecular formula is C17H17ClN2O3. The molecule has 1 aliphatic heterocycles. The SMILES string of the molecule is Cc1ccc(NC(=O)[C@H]2CC(=O)NC3=C2C(=O)CCC3)cc1Cl. The normalized spacial score (nSPS) is 20.9. The number of benzene rings is 1. The lowest BCUT2D eigenvalue weighted by Gasteiger charge is -2.30. The van der Waals surface area contributed by atoms with Gasteiger partial charge < -0.3 is 10.6 Å². The van der Waals surface area contributed by atoms with Gasteiger partial charge in [-0.25, -0.2) is 0 Å². The van der Waals surface area contributed by atoms with Gasteiger partial charge in [0.2, 0.25) is 11.8 Å². The van der Waals surface area contributed by atoms with Crippen molar-refractivity contribution in [1.82, 2.24) is 5.32 Å². The third-order valence-electron chi connectivity index (χ3n) is 4.24. The molecule has 0 aromatic heterocycles. The van der Waals surface area contributed by atoms with Crippen molar-refractivity contribution in [3.8, 4) is 0 Å². The molecule has 5 nitrogen and oxygen atoms in total. The Balaban J connectivity index is 1.86. The van der Waals surface area contributed by atoms with Crippen LogP contribution in [0.25, 0.3) is 0 Å². The minimum Gasteiger partial charge on any atom is -0.329 e. The second-order valence-electron chi connectivity index (χ2n) is 5.93. The predicted molar refractivity (Wildman–Crippen MR) is 87.0 cm³/mol. The number of ketones is 1. The monoisotopic (exact) mass is 332 g/mol. The first-order valence-electron chi connectivity index (χ1n) is 7.59. The highest BCUT2D eigenvalue weighted by Gasteiger charge is 2.37. The second kappa shape index (κ2) is 6.16. The van der Waals surface area contributed by atoms with Gasteiger partial charge in [0, 0.05) is 34.8 Å². The maximum atomic E-state index is 12.6. The Kier molecular flexibility index (Phi) is 4.22. The van der Waals surface area contributed by atoms with E-state index in [0.717, 1.165) is 5.56 Å². The molecule has 1 heterocycles. The molecule has 3 rings (SSSR count). The zero-order valence-corrected chi connectivity index (χ0v) is 13.5.